The van der Waals surface area contributed by atoms with E-state index >= 15 is 0 Å². The van der Waals surface area contributed by atoms with E-state index in [1.807, 2.05) is 20.0 Å². The van der Waals surface area contributed by atoms with Crippen molar-refractivity contribution in [3.63, 3.8) is 0 Å². The summed E-state index contributed by atoms with van der Waals surface area (Å²) in [6.07, 6.45) is 4.14. The minimum absolute atomic E-state index is 0.395. The molecule has 0 aliphatic carbocycles. The van der Waals surface area contributed by atoms with Crippen LogP contribution in [0.5, 0.6) is 0 Å². The quantitative estimate of drug-likeness (QED) is 0.801. The molecule has 1 aliphatic heterocycles. The van der Waals surface area contributed by atoms with Crippen LogP contribution in [0.4, 0.5) is 5.82 Å². The summed E-state index contributed by atoms with van der Waals surface area (Å²) in [5.74, 6) is 1.75. The first-order valence-corrected chi connectivity index (χ1v) is 5.40. The topological polar surface area (TPSA) is 47.0 Å². The third-order valence-corrected chi connectivity index (χ3v) is 2.59. The molecule has 82 valence electrons. The molecular formula is C11H17N3O. The van der Waals surface area contributed by atoms with Gasteiger partial charge in [0.2, 0.25) is 0 Å². The Morgan fingerprint density at radius 1 is 1.47 bits per heavy atom. The molecule has 0 saturated carbocycles. The van der Waals surface area contributed by atoms with Crippen molar-refractivity contribution in [3.05, 3.63) is 17.6 Å². The molecule has 2 heterocycles. The molecule has 1 fully saturated rings. The van der Waals surface area contributed by atoms with Gasteiger partial charge in [0.15, 0.2) is 0 Å². The second-order valence-electron chi connectivity index (χ2n) is 4.01. The van der Waals surface area contributed by atoms with Gasteiger partial charge < -0.3 is 10.1 Å². The van der Waals surface area contributed by atoms with Crippen LogP contribution in [0.25, 0.3) is 0 Å². The zero-order valence-electron chi connectivity index (χ0n) is 9.29. The fourth-order valence-electron chi connectivity index (χ4n) is 1.72. The van der Waals surface area contributed by atoms with Gasteiger partial charge >= 0.3 is 0 Å². The maximum absolute atomic E-state index is 5.42. The Kier molecular flexibility index (Phi) is 3.16. The predicted molar refractivity (Wildman–Crippen MR) is 59.0 cm³/mol. The van der Waals surface area contributed by atoms with Crippen LogP contribution in [0.3, 0.4) is 0 Å². The number of aryl methyl sites for hydroxylation is 2. The summed E-state index contributed by atoms with van der Waals surface area (Å²) >= 11 is 0. The Morgan fingerprint density at radius 2 is 2.33 bits per heavy atom. The normalized spacial score (nSPS) is 21.3. The molecule has 1 aromatic rings. The molecular weight excluding hydrogens is 190 g/mol. The SMILES string of the molecule is Cc1ncc(C)c(NC2CCCOC2)n1. The van der Waals surface area contributed by atoms with Crippen molar-refractivity contribution < 1.29 is 4.74 Å². The fraction of sp³-hybridized carbons (Fsp3) is 0.636. The minimum atomic E-state index is 0.395. The van der Waals surface area contributed by atoms with Crippen molar-refractivity contribution in [1.29, 1.82) is 0 Å². The number of nitrogens with zero attached hydrogens (tertiary/aromatic N) is 2. The highest BCUT2D eigenvalue weighted by atomic mass is 16.5. The Bertz CT molecular complexity index is 335. The maximum Gasteiger partial charge on any atom is 0.132 e. The van der Waals surface area contributed by atoms with Crippen molar-refractivity contribution >= 4 is 5.82 Å². The van der Waals surface area contributed by atoms with Crippen LogP contribution in [0.2, 0.25) is 0 Å². The van der Waals surface area contributed by atoms with Gasteiger partial charge in [-0.25, -0.2) is 9.97 Å². The Morgan fingerprint density at radius 3 is 3.07 bits per heavy atom. The number of hydrogen-bond acceptors (Lipinski definition) is 4. The number of ether oxygens (including phenoxy) is 1. The van der Waals surface area contributed by atoms with E-state index in [9.17, 15) is 0 Å². The largest absolute Gasteiger partial charge is 0.379 e. The first-order valence-electron chi connectivity index (χ1n) is 5.40. The average molecular weight is 207 g/mol. The highest BCUT2D eigenvalue weighted by Crippen LogP contribution is 2.15. The van der Waals surface area contributed by atoms with Gasteiger partial charge in [-0.2, -0.15) is 0 Å². The molecule has 1 saturated heterocycles. The van der Waals surface area contributed by atoms with E-state index in [1.54, 1.807) is 0 Å². The van der Waals surface area contributed by atoms with E-state index < -0.39 is 0 Å². The predicted octanol–water partition coefficient (Wildman–Crippen LogP) is 1.68. The van der Waals surface area contributed by atoms with E-state index in [0.717, 1.165) is 43.3 Å². The van der Waals surface area contributed by atoms with Crippen LogP contribution in [-0.2, 0) is 4.74 Å². The molecule has 4 heteroatoms. The Balaban J connectivity index is 2.05. The van der Waals surface area contributed by atoms with Crippen LogP contribution >= 0.6 is 0 Å². The third kappa shape index (κ3) is 2.65. The summed E-state index contributed by atoms with van der Waals surface area (Å²) in [6.45, 7) is 5.59. The van der Waals surface area contributed by atoms with Gasteiger partial charge in [0.05, 0.1) is 12.6 Å². The molecule has 1 atom stereocenters. The highest BCUT2D eigenvalue weighted by Gasteiger charge is 2.14. The standard InChI is InChI=1S/C11H17N3O/c1-8-6-12-9(2)13-11(8)14-10-4-3-5-15-7-10/h6,10H,3-5,7H2,1-2H3,(H,12,13,14). The molecule has 15 heavy (non-hydrogen) atoms. The van der Waals surface area contributed by atoms with E-state index in [-0.39, 0.29) is 0 Å². The molecule has 0 spiro atoms. The van der Waals surface area contributed by atoms with Crippen molar-refractivity contribution in [2.24, 2.45) is 0 Å². The lowest BCUT2D eigenvalue weighted by atomic mass is 10.1. The smallest absolute Gasteiger partial charge is 0.132 e. The number of hydrogen-bond donors (Lipinski definition) is 1. The van der Waals surface area contributed by atoms with Crippen molar-refractivity contribution in [2.75, 3.05) is 18.5 Å². The summed E-state index contributed by atoms with van der Waals surface area (Å²) in [5.41, 5.74) is 1.09. The van der Waals surface area contributed by atoms with Gasteiger partial charge in [-0.3, -0.25) is 0 Å². The lowest BCUT2D eigenvalue weighted by Crippen LogP contribution is -2.30. The molecule has 0 amide bonds. The van der Waals surface area contributed by atoms with Crippen molar-refractivity contribution in [3.8, 4) is 0 Å². The van der Waals surface area contributed by atoms with Crippen LogP contribution in [-0.4, -0.2) is 29.2 Å². The van der Waals surface area contributed by atoms with Crippen molar-refractivity contribution in [2.45, 2.75) is 32.7 Å². The van der Waals surface area contributed by atoms with Gasteiger partial charge in [-0.15, -0.1) is 0 Å². The Hall–Kier alpha value is -1.16. The minimum Gasteiger partial charge on any atom is -0.379 e. The first kappa shape index (κ1) is 10.4. The molecule has 2 rings (SSSR count). The number of aromatic nitrogens is 2. The zero-order valence-corrected chi connectivity index (χ0v) is 9.29. The van der Waals surface area contributed by atoms with Crippen LogP contribution in [0.15, 0.2) is 6.20 Å². The fourth-order valence-corrected chi connectivity index (χ4v) is 1.72. The second kappa shape index (κ2) is 4.57. The van der Waals surface area contributed by atoms with E-state index in [4.69, 9.17) is 4.74 Å². The summed E-state index contributed by atoms with van der Waals surface area (Å²) in [4.78, 5) is 8.54. The van der Waals surface area contributed by atoms with Gasteiger partial charge in [-0.1, -0.05) is 0 Å². The molecule has 0 bridgehead atoms. The zero-order chi connectivity index (χ0) is 10.7. The van der Waals surface area contributed by atoms with Gasteiger partial charge in [0.25, 0.3) is 0 Å². The van der Waals surface area contributed by atoms with Gasteiger partial charge in [0, 0.05) is 18.4 Å². The molecule has 1 aromatic heterocycles. The average Bonchev–Trinajstić information content (AvgIpc) is 2.25. The van der Waals surface area contributed by atoms with Crippen LogP contribution in [0.1, 0.15) is 24.2 Å². The lowest BCUT2D eigenvalue weighted by molar-refractivity contribution is 0.0875. The summed E-state index contributed by atoms with van der Waals surface area (Å²) < 4.78 is 5.42. The van der Waals surface area contributed by atoms with Crippen molar-refractivity contribution in [1.82, 2.24) is 9.97 Å². The maximum atomic E-state index is 5.42. The van der Waals surface area contributed by atoms with Crippen LogP contribution < -0.4 is 5.32 Å². The summed E-state index contributed by atoms with van der Waals surface area (Å²) in [5, 5.41) is 3.41. The highest BCUT2D eigenvalue weighted by molar-refractivity contribution is 5.42. The molecule has 4 nitrogen and oxygen atoms in total. The Labute approximate surface area is 90.1 Å². The summed E-state index contributed by atoms with van der Waals surface area (Å²) in [7, 11) is 0. The summed E-state index contributed by atoms with van der Waals surface area (Å²) in [6, 6.07) is 0.395. The monoisotopic (exact) mass is 207 g/mol. The number of anilines is 1. The van der Waals surface area contributed by atoms with E-state index in [2.05, 4.69) is 15.3 Å². The van der Waals surface area contributed by atoms with Gasteiger partial charge in [-0.05, 0) is 26.7 Å². The van der Waals surface area contributed by atoms with Crippen LogP contribution in [0, 0.1) is 13.8 Å². The van der Waals surface area contributed by atoms with E-state index in [1.165, 1.54) is 0 Å². The first-order chi connectivity index (χ1) is 7.25. The molecule has 0 aromatic carbocycles. The van der Waals surface area contributed by atoms with E-state index in [0.29, 0.717) is 6.04 Å². The molecule has 1 N–H and O–H groups in total. The molecule has 0 radical (unpaired) electrons. The second-order valence-corrected chi connectivity index (χ2v) is 4.01. The lowest BCUT2D eigenvalue weighted by Gasteiger charge is -2.24. The molecule has 1 aliphatic rings. The number of rotatable bonds is 2. The van der Waals surface area contributed by atoms with Gasteiger partial charge in [0.1, 0.15) is 11.6 Å². The number of nitrogens with one attached hydrogen (secondary N) is 1. The third-order valence-electron chi connectivity index (χ3n) is 2.59. The molecule has 1 unspecified atom stereocenters.